The lowest BCUT2D eigenvalue weighted by atomic mass is 10.2. The molecule has 1 aliphatic carbocycles. The fraction of sp³-hybridized carbons (Fsp3) is 0.412. The van der Waals surface area contributed by atoms with Gasteiger partial charge in [-0.1, -0.05) is 12.1 Å². The van der Waals surface area contributed by atoms with Crippen LogP contribution in [0, 0.1) is 6.92 Å². The molecule has 8 heteroatoms. The number of amides is 2. The molecule has 1 saturated carbocycles. The Bertz CT molecular complexity index is 798. The van der Waals surface area contributed by atoms with E-state index in [0.717, 1.165) is 23.6 Å². The van der Waals surface area contributed by atoms with Crippen molar-refractivity contribution in [3.05, 3.63) is 35.7 Å². The van der Waals surface area contributed by atoms with Crippen LogP contribution in [-0.2, 0) is 4.79 Å². The van der Waals surface area contributed by atoms with Crippen molar-refractivity contribution in [1.82, 2.24) is 19.7 Å². The van der Waals surface area contributed by atoms with Crippen molar-refractivity contribution in [3.63, 3.8) is 0 Å². The Balaban J connectivity index is 1.75. The molecule has 7 nitrogen and oxygen atoms in total. The number of aromatic nitrogens is 3. The molecule has 132 valence electrons. The molecule has 0 spiro atoms. The Morgan fingerprint density at radius 1 is 1.28 bits per heavy atom. The number of hydrogen-bond donors (Lipinski definition) is 1. The summed E-state index contributed by atoms with van der Waals surface area (Å²) in [5, 5.41) is 11.0. The van der Waals surface area contributed by atoms with Crippen LogP contribution in [0.15, 0.2) is 29.2 Å². The van der Waals surface area contributed by atoms with Crippen LogP contribution in [0.3, 0.4) is 0 Å². The monoisotopic (exact) mass is 359 g/mol. The van der Waals surface area contributed by atoms with E-state index in [9.17, 15) is 9.59 Å². The summed E-state index contributed by atoms with van der Waals surface area (Å²) >= 11 is 1.36. The van der Waals surface area contributed by atoms with Gasteiger partial charge in [0.2, 0.25) is 11.9 Å². The van der Waals surface area contributed by atoms with Crippen molar-refractivity contribution in [3.8, 4) is 0 Å². The van der Waals surface area contributed by atoms with E-state index < -0.39 is 0 Å². The molecule has 1 fully saturated rings. The summed E-state index contributed by atoms with van der Waals surface area (Å²) in [4.78, 5) is 26.8. The second-order valence-corrected chi connectivity index (χ2v) is 7.22. The smallest absolute Gasteiger partial charge is 0.259 e. The van der Waals surface area contributed by atoms with Crippen molar-refractivity contribution in [2.75, 3.05) is 25.2 Å². The normalized spacial score (nSPS) is 13.6. The predicted molar refractivity (Wildman–Crippen MR) is 96.8 cm³/mol. The molecule has 1 aliphatic rings. The van der Waals surface area contributed by atoms with Gasteiger partial charge < -0.3 is 4.90 Å². The van der Waals surface area contributed by atoms with E-state index in [1.165, 1.54) is 16.7 Å². The largest absolute Gasteiger partial charge is 0.348 e. The topological polar surface area (TPSA) is 80.1 Å². The van der Waals surface area contributed by atoms with Gasteiger partial charge in [0, 0.05) is 25.0 Å². The molecule has 0 radical (unpaired) electrons. The highest BCUT2D eigenvalue weighted by molar-refractivity contribution is 8.00. The van der Waals surface area contributed by atoms with Gasteiger partial charge in [0.1, 0.15) is 5.82 Å². The lowest BCUT2D eigenvalue weighted by molar-refractivity contribution is -0.125. The fourth-order valence-corrected chi connectivity index (χ4v) is 3.47. The molecule has 25 heavy (non-hydrogen) atoms. The standard InChI is InChI=1S/C17H21N5O2S/c1-11-19-20-17(22(11)12-8-9-12)18-16(24)13-6-4-5-7-14(13)25-10-15(23)21(2)3/h4-7,12H,8-10H2,1-3H3,(H,18,20,24). The summed E-state index contributed by atoms with van der Waals surface area (Å²) < 4.78 is 1.98. The Kier molecular flexibility index (Phi) is 5.08. The zero-order chi connectivity index (χ0) is 18.0. The second-order valence-electron chi connectivity index (χ2n) is 6.20. The van der Waals surface area contributed by atoms with Crippen LogP contribution >= 0.6 is 11.8 Å². The predicted octanol–water partition coefficient (Wildman–Crippen LogP) is 2.35. The van der Waals surface area contributed by atoms with Crippen molar-refractivity contribution in [2.45, 2.75) is 30.7 Å². The molecule has 0 unspecified atom stereocenters. The second kappa shape index (κ2) is 7.26. The summed E-state index contributed by atoms with van der Waals surface area (Å²) in [6.07, 6.45) is 2.17. The number of aryl methyl sites for hydroxylation is 1. The molecule has 0 atom stereocenters. The molecule has 1 N–H and O–H groups in total. The Hall–Kier alpha value is -2.35. The zero-order valence-corrected chi connectivity index (χ0v) is 15.3. The summed E-state index contributed by atoms with van der Waals surface area (Å²) in [5.74, 6) is 1.33. The Morgan fingerprint density at radius 3 is 2.68 bits per heavy atom. The lowest BCUT2D eigenvalue weighted by Crippen LogP contribution is -2.23. The molecule has 1 heterocycles. The first-order chi connectivity index (χ1) is 12.0. The zero-order valence-electron chi connectivity index (χ0n) is 14.5. The maximum atomic E-state index is 12.7. The molecule has 0 bridgehead atoms. The quantitative estimate of drug-likeness (QED) is 0.801. The van der Waals surface area contributed by atoms with Crippen molar-refractivity contribution >= 4 is 29.5 Å². The third-order valence-corrected chi connectivity index (χ3v) is 5.04. The van der Waals surface area contributed by atoms with E-state index >= 15 is 0 Å². The highest BCUT2D eigenvalue weighted by Gasteiger charge is 2.29. The molecule has 0 aliphatic heterocycles. The summed E-state index contributed by atoms with van der Waals surface area (Å²) in [5.41, 5.74) is 0.530. The van der Waals surface area contributed by atoms with Gasteiger partial charge in [0.15, 0.2) is 0 Å². The third-order valence-electron chi connectivity index (χ3n) is 3.99. The van der Waals surface area contributed by atoms with Gasteiger partial charge in [-0.25, -0.2) is 0 Å². The molecular weight excluding hydrogens is 338 g/mol. The van der Waals surface area contributed by atoms with Crippen molar-refractivity contribution in [2.24, 2.45) is 0 Å². The highest BCUT2D eigenvalue weighted by Crippen LogP contribution is 2.37. The number of carbonyl (C=O) groups excluding carboxylic acids is 2. The first-order valence-corrected chi connectivity index (χ1v) is 9.10. The average Bonchev–Trinajstić information content (AvgIpc) is 3.36. The Morgan fingerprint density at radius 2 is 2.00 bits per heavy atom. The van der Waals surface area contributed by atoms with Crippen LogP contribution in [0.1, 0.15) is 35.1 Å². The van der Waals surface area contributed by atoms with E-state index in [2.05, 4.69) is 15.5 Å². The van der Waals surface area contributed by atoms with Crippen LogP contribution in [0.2, 0.25) is 0 Å². The number of benzene rings is 1. The number of anilines is 1. The first kappa shape index (κ1) is 17.5. The summed E-state index contributed by atoms with van der Waals surface area (Å²) in [7, 11) is 3.43. The molecule has 2 amide bonds. The SMILES string of the molecule is Cc1nnc(NC(=O)c2ccccc2SCC(=O)N(C)C)n1C1CC1. The highest BCUT2D eigenvalue weighted by atomic mass is 32.2. The molecule has 2 aromatic rings. The minimum atomic E-state index is -0.241. The number of hydrogen-bond acceptors (Lipinski definition) is 5. The minimum absolute atomic E-state index is 0.00399. The van der Waals surface area contributed by atoms with Crippen LogP contribution in [-0.4, -0.2) is 51.3 Å². The summed E-state index contributed by atoms with van der Waals surface area (Å²) in [6, 6.07) is 7.65. The molecule has 1 aromatic carbocycles. The number of rotatable bonds is 6. The van der Waals surface area contributed by atoms with Gasteiger partial charge in [-0.3, -0.25) is 19.5 Å². The van der Waals surface area contributed by atoms with Gasteiger partial charge in [-0.2, -0.15) is 0 Å². The number of nitrogens with zero attached hydrogens (tertiary/aromatic N) is 4. The fourth-order valence-electron chi connectivity index (χ4n) is 2.44. The maximum absolute atomic E-state index is 12.7. The van der Waals surface area contributed by atoms with Gasteiger partial charge >= 0.3 is 0 Å². The first-order valence-electron chi connectivity index (χ1n) is 8.12. The average molecular weight is 359 g/mol. The van der Waals surface area contributed by atoms with Gasteiger partial charge in [-0.05, 0) is 31.9 Å². The van der Waals surface area contributed by atoms with Crippen LogP contribution < -0.4 is 5.32 Å². The third kappa shape index (κ3) is 4.01. The molecule has 3 rings (SSSR count). The summed E-state index contributed by atoms with van der Waals surface area (Å²) in [6.45, 7) is 1.89. The van der Waals surface area contributed by atoms with Crippen LogP contribution in [0.25, 0.3) is 0 Å². The van der Waals surface area contributed by atoms with E-state index in [1.807, 2.05) is 29.7 Å². The van der Waals surface area contributed by atoms with Gasteiger partial charge in [-0.15, -0.1) is 22.0 Å². The van der Waals surface area contributed by atoms with E-state index in [1.54, 1.807) is 20.2 Å². The Labute approximate surface area is 150 Å². The maximum Gasteiger partial charge on any atom is 0.259 e. The molecule has 1 aromatic heterocycles. The van der Waals surface area contributed by atoms with Gasteiger partial charge in [0.25, 0.3) is 5.91 Å². The van der Waals surface area contributed by atoms with Crippen molar-refractivity contribution in [1.29, 1.82) is 0 Å². The number of thioether (sulfide) groups is 1. The van der Waals surface area contributed by atoms with Crippen molar-refractivity contribution < 1.29 is 9.59 Å². The number of carbonyl (C=O) groups is 2. The molecule has 0 saturated heterocycles. The van der Waals surface area contributed by atoms with E-state index in [0.29, 0.717) is 17.6 Å². The van der Waals surface area contributed by atoms with E-state index in [-0.39, 0.29) is 17.6 Å². The van der Waals surface area contributed by atoms with Crippen LogP contribution in [0.5, 0.6) is 0 Å². The number of nitrogens with one attached hydrogen (secondary N) is 1. The minimum Gasteiger partial charge on any atom is -0.348 e. The lowest BCUT2D eigenvalue weighted by Gasteiger charge is -2.12. The van der Waals surface area contributed by atoms with Crippen LogP contribution in [0.4, 0.5) is 5.95 Å². The molecular formula is C17H21N5O2S. The van der Waals surface area contributed by atoms with E-state index in [4.69, 9.17) is 0 Å². The van der Waals surface area contributed by atoms with Gasteiger partial charge in [0.05, 0.1) is 11.3 Å².